The van der Waals surface area contributed by atoms with Crippen molar-refractivity contribution < 1.29 is 13.2 Å². The van der Waals surface area contributed by atoms with Gasteiger partial charge in [-0.1, -0.05) is 70.2 Å². The Hall–Kier alpha value is -3.04. The maximum Gasteiger partial charge on any atom is 0.274 e. The molecule has 0 radical (unpaired) electrons. The number of imidazole rings is 1. The summed E-state index contributed by atoms with van der Waals surface area (Å²) in [5, 5.41) is 0. The maximum absolute atomic E-state index is 13.4. The van der Waals surface area contributed by atoms with E-state index >= 15 is 0 Å². The predicted octanol–water partition coefficient (Wildman–Crippen LogP) is 7.12. The van der Waals surface area contributed by atoms with E-state index in [-0.39, 0.29) is 10.6 Å². The van der Waals surface area contributed by atoms with Crippen LogP contribution in [0.1, 0.15) is 86.3 Å². The number of nitrogens with one attached hydrogen (secondary N) is 1. The Balaban J connectivity index is 1.39. The second-order valence-corrected chi connectivity index (χ2v) is 14.3. The zero-order valence-corrected chi connectivity index (χ0v) is 26.1. The van der Waals surface area contributed by atoms with Gasteiger partial charge in [0.1, 0.15) is 15.6 Å². The average Bonchev–Trinajstić information content (AvgIpc) is 3.68. The molecule has 1 N–H and O–H groups in total. The van der Waals surface area contributed by atoms with E-state index in [1.807, 2.05) is 37.3 Å². The number of amides is 1. The third-order valence-electron chi connectivity index (χ3n) is 8.02. The van der Waals surface area contributed by atoms with Crippen molar-refractivity contribution in [1.29, 1.82) is 0 Å². The highest BCUT2D eigenvalue weighted by molar-refractivity contribution is 7.92. The molecule has 3 aromatic heterocycles. The minimum Gasteiger partial charge on any atom is -0.308 e. The SMILES string of the molecule is CCCc1cc(-c2ccc(Cn3c(CC)nc4c(C)cc(C)nc43)cc2)c(S(=O)(=O)NC(=O)CCC2CCCC2)s1. The van der Waals surface area contributed by atoms with Crippen LogP contribution in [-0.4, -0.2) is 28.9 Å². The van der Waals surface area contributed by atoms with Gasteiger partial charge in [-0.3, -0.25) is 4.79 Å². The third-order valence-corrected chi connectivity index (χ3v) is 11.1. The molecule has 1 aromatic carbocycles. The van der Waals surface area contributed by atoms with E-state index in [0.29, 0.717) is 18.0 Å². The van der Waals surface area contributed by atoms with Crippen LogP contribution in [-0.2, 0) is 34.2 Å². The number of thiophene rings is 1. The van der Waals surface area contributed by atoms with Gasteiger partial charge >= 0.3 is 0 Å². The summed E-state index contributed by atoms with van der Waals surface area (Å²) in [6.45, 7) is 8.88. The topological polar surface area (TPSA) is 93.9 Å². The summed E-state index contributed by atoms with van der Waals surface area (Å²) in [6, 6.07) is 12.1. The fourth-order valence-electron chi connectivity index (χ4n) is 5.93. The second kappa shape index (κ2) is 12.4. The van der Waals surface area contributed by atoms with Gasteiger partial charge in [-0.2, -0.15) is 0 Å². The molecule has 1 fully saturated rings. The van der Waals surface area contributed by atoms with Gasteiger partial charge in [0.15, 0.2) is 5.65 Å². The quantitative estimate of drug-likeness (QED) is 0.200. The molecule has 0 unspecified atom stereocenters. The van der Waals surface area contributed by atoms with Crippen molar-refractivity contribution in [2.45, 2.75) is 96.2 Å². The molecule has 5 rings (SSSR count). The number of hydrogen-bond donors (Lipinski definition) is 1. The lowest BCUT2D eigenvalue weighted by atomic mass is 10.0. The minimum atomic E-state index is -3.98. The predicted molar refractivity (Wildman–Crippen MR) is 166 cm³/mol. The number of rotatable bonds is 11. The van der Waals surface area contributed by atoms with Gasteiger partial charge in [-0.25, -0.2) is 23.1 Å². The number of carbonyl (C=O) groups excluding carboxylic acids is 1. The van der Waals surface area contributed by atoms with Gasteiger partial charge in [-0.05, 0) is 61.4 Å². The summed E-state index contributed by atoms with van der Waals surface area (Å²) < 4.78 is 31.6. The summed E-state index contributed by atoms with van der Waals surface area (Å²) >= 11 is 1.26. The van der Waals surface area contributed by atoms with Crippen LogP contribution >= 0.6 is 11.3 Å². The van der Waals surface area contributed by atoms with Crippen molar-refractivity contribution in [2.24, 2.45) is 5.92 Å². The molecule has 41 heavy (non-hydrogen) atoms. The molecule has 1 amide bonds. The van der Waals surface area contributed by atoms with Crippen LogP contribution in [0.4, 0.5) is 0 Å². The van der Waals surface area contributed by atoms with Crippen LogP contribution in [0.15, 0.2) is 40.6 Å². The fourth-order valence-corrected chi connectivity index (χ4v) is 8.79. The van der Waals surface area contributed by atoms with Crippen LogP contribution in [0, 0.1) is 19.8 Å². The van der Waals surface area contributed by atoms with Crippen molar-refractivity contribution >= 4 is 38.4 Å². The number of fused-ring (bicyclic) bond motifs is 1. The zero-order valence-electron chi connectivity index (χ0n) is 24.5. The summed E-state index contributed by atoms with van der Waals surface area (Å²) in [5.41, 5.74) is 6.47. The first-order valence-corrected chi connectivity index (χ1v) is 17.1. The van der Waals surface area contributed by atoms with Gasteiger partial charge < -0.3 is 4.57 Å². The Bertz CT molecular complexity index is 1650. The summed E-state index contributed by atoms with van der Waals surface area (Å²) in [4.78, 5) is 23.3. The van der Waals surface area contributed by atoms with Gasteiger partial charge in [0.05, 0.1) is 6.54 Å². The van der Waals surface area contributed by atoms with Crippen molar-refractivity contribution in [3.8, 4) is 11.1 Å². The lowest BCUT2D eigenvalue weighted by molar-refractivity contribution is -0.119. The minimum absolute atomic E-state index is 0.215. The Morgan fingerprint density at radius 2 is 1.80 bits per heavy atom. The van der Waals surface area contributed by atoms with Gasteiger partial charge in [0, 0.05) is 29.0 Å². The molecule has 3 heterocycles. The molecular weight excluding hydrogens is 553 g/mol. The van der Waals surface area contributed by atoms with Crippen LogP contribution in [0.3, 0.4) is 0 Å². The molecular formula is C32H40N4O3S2. The number of carbonyl (C=O) groups is 1. The van der Waals surface area contributed by atoms with Crippen molar-refractivity contribution in [3.63, 3.8) is 0 Å². The number of hydrogen-bond acceptors (Lipinski definition) is 6. The molecule has 1 aliphatic rings. The Kier molecular flexibility index (Phi) is 8.94. The highest BCUT2D eigenvalue weighted by Gasteiger charge is 2.26. The van der Waals surface area contributed by atoms with Crippen LogP contribution in [0.2, 0.25) is 0 Å². The number of pyridine rings is 1. The van der Waals surface area contributed by atoms with E-state index in [4.69, 9.17) is 9.97 Å². The Labute approximate surface area is 247 Å². The third kappa shape index (κ3) is 6.56. The summed E-state index contributed by atoms with van der Waals surface area (Å²) in [5.74, 6) is 1.11. The Morgan fingerprint density at radius 1 is 1.07 bits per heavy atom. The van der Waals surface area contributed by atoms with Crippen molar-refractivity contribution in [3.05, 3.63) is 63.9 Å². The molecule has 4 aromatic rings. The highest BCUT2D eigenvalue weighted by atomic mass is 32.2. The van der Waals surface area contributed by atoms with E-state index in [2.05, 4.69) is 36.1 Å². The molecule has 0 bridgehead atoms. The van der Waals surface area contributed by atoms with Crippen molar-refractivity contribution in [1.82, 2.24) is 19.3 Å². The maximum atomic E-state index is 13.4. The van der Waals surface area contributed by atoms with E-state index in [9.17, 15) is 13.2 Å². The molecule has 1 aliphatic carbocycles. The number of nitrogens with zero attached hydrogens (tertiary/aromatic N) is 3. The monoisotopic (exact) mass is 592 g/mol. The normalized spacial score (nSPS) is 14.2. The smallest absolute Gasteiger partial charge is 0.274 e. The average molecular weight is 593 g/mol. The molecule has 0 spiro atoms. The molecule has 7 nitrogen and oxygen atoms in total. The number of aryl methyl sites for hydroxylation is 4. The zero-order chi connectivity index (χ0) is 29.1. The van der Waals surface area contributed by atoms with Gasteiger partial charge in [0.2, 0.25) is 5.91 Å². The van der Waals surface area contributed by atoms with Crippen LogP contribution < -0.4 is 4.72 Å². The number of benzene rings is 1. The lowest BCUT2D eigenvalue weighted by Crippen LogP contribution is -2.30. The van der Waals surface area contributed by atoms with E-state index in [0.717, 1.165) is 82.8 Å². The first kappa shape index (κ1) is 29.5. The van der Waals surface area contributed by atoms with Crippen LogP contribution in [0.5, 0.6) is 0 Å². The van der Waals surface area contributed by atoms with E-state index in [1.54, 1.807) is 0 Å². The summed E-state index contributed by atoms with van der Waals surface area (Å²) in [6.07, 6.45) is 8.19. The number of aromatic nitrogens is 3. The van der Waals surface area contributed by atoms with Gasteiger partial charge in [-0.15, -0.1) is 11.3 Å². The van der Waals surface area contributed by atoms with Crippen LogP contribution in [0.25, 0.3) is 22.3 Å². The van der Waals surface area contributed by atoms with Crippen molar-refractivity contribution in [2.75, 3.05) is 0 Å². The Morgan fingerprint density at radius 3 is 2.49 bits per heavy atom. The molecule has 0 aliphatic heterocycles. The molecule has 0 saturated heterocycles. The molecule has 1 saturated carbocycles. The van der Waals surface area contributed by atoms with E-state index < -0.39 is 15.9 Å². The number of sulfonamides is 1. The first-order chi connectivity index (χ1) is 19.7. The van der Waals surface area contributed by atoms with E-state index in [1.165, 1.54) is 24.2 Å². The standard InChI is InChI=1S/C32H40N4O3S2/c1-5-9-26-19-27(32(40-26)41(38,39)35-29(37)17-14-23-10-7-8-11-23)25-15-12-24(13-16-25)20-36-28(6-2)34-30-21(3)18-22(4)33-31(30)36/h12-13,15-16,18-19,23H,5-11,14,17,20H2,1-4H3,(H,35,37). The first-order valence-electron chi connectivity index (χ1n) is 14.8. The highest BCUT2D eigenvalue weighted by Crippen LogP contribution is 2.36. The molecule has 9 heteroatoms. The largest absolute Gasteiger partial charge is 0.308 e. The second-order valence-electron chi connectivity index (χ2n) is 11.3. The molecule has 218 valence electrons. The molecule has 0 atom stereocenters. The van der Waals surface area contributed by atoms with Gasteiger partial charge in [0.25, 0.3) is 10.0 Å². The lowest BCUT2D eigenvalue weighted by Gasteiger charge is -2.11. The fraction of sp³-hybridized carbons (Fsp3) is 0.469. The summed E-state index contributed by atoms with van der Waals surface area (Å²) in [7, 11) is -3.98.